The molecule has 0 amide bonds. The van der Waals surface area contributed by atoms with Crippen molar-refractivity contribution in [2.24, 2.45) is 0 Å². The van der Waals surface area contributed by atoms with Crippen LogP contribution in [0.4, 0.5) is 0 Å². The van der Waals surface area contributed by atoms with E-state index in [9.17, 15) is 9.36 Å². The van der Waals surface area contributed by atoms with E-state index in [4.69, 9.17) is 14.5 Å². The van der Waals surface area contributed by atoms with E-state index in [1.165, 1.54) is 6.07 Å². The molecule has 1 rings (SSSR count). The van der Waals surface area contributed by atoms with Gasteiger partial charge in [-0.25, -0.2) is 4.79 Å². The van der Waals surface area contributed by atoms with Gasteiger partial charge in [0.2, 0.25) is 0 Å². The van der Waals surface area contributed by atoms with Gasteiger partial charge in [0.25, 0.3) is 0 Å². The van der Waals surface area contributed by atoms with Crippen molar-refractivity contribution in [2.45, 2.75) is 25.9 Å². The lowest BCUT2D eigenvalue weighted by Crippen LogP contribution is -2.06. The van der Waals surface area contributed by atoms with Crippen molar-refractivity contribution in [2.75, 3.05) is 6.61 Å². The second kappa shape index (κ2) is 6.69. The lowest BCUT2D eigenvalue weighted by molar-refractivity contribution is 0.0499. The number of ether oxygens (including phenoxy) is 1. The molecule has 0 aliphatic heterocycles. The van der Waals surface area contributed by atoms with E-state index in [0.717, 1.165) is 12.8 Å². The number of hydrogen-bond acceptors (Lipinski definition) is 3. The highest BCUT2D eigenvalue weighted by Crippen LogP contribution is 2.39. The number of carbonyl (C=O) groups is 1. The Morgan fingerprint density at radius 2 is 2.11 bits per heavy atom. The van der Waals surface area contributed by atoms with Crippen LogP contribution in [-0.2, 0) is 15.5 Å². The number of unbranched alkanes of at least 4 members (excludes halogenated alkanes) is 1. The van der Waals surface area contributed by atoms with Crippen molar-refractivity contribution in [1.82, 2.24) is 0 Å². The van der Waals surface area contributed by atoms with Gasteiger partial charge >= 0.3 is 13.6 Å². The average Bonchev–Trinajstić information content (AvgIpc) is 2.27. The van der Waals surface area contributed by atoms with Crippen LogP contribution in [0.15, 0.2) is 24.3 Å². The molecule has 0 radical (unpaired) electrons. The van der Waals surface area contributed by atoms with Gasteiger partial charge in [-0.05, 0) is 24.1 Å². The van der Waals surface area contributed by atoms with Crippen LogP contribution in [0, 0.1) is 0 Å². The van der Waals surface area contributed by atoms with E-state index in [0.29, 0.717) is 17.7 Å². The number of esters is 1. The first-order chi connectivity index (χ1) is 8.42. The number of hydrogen-bond donors (Lipinski definition) is 2. The minimum Gasteiger partial charge on any atom is -0.462 e. The number of rotatable bonds is 6. The maximum absolute atomic E-state index is 11.6. The van der Waals surface area contributed by atoms with Gasteiger partial charge in [-0.2, -0.15) is 0 Å². The summed E-state index contributed by atoms with van der Waals surface area (Å²) in [4.78, 5) is 29.4. The van der Waals surface area contributed by atoms with Crippen LogP contribution >= 0.6 is 7.60 Å². The smallest absolute Gasteiger partial charge is 0.338 e. The van der Waals surface area contributed by atoms with Crippen LogP contribution in [-0.4, -0.2) is 22.4 Å². The largest absolute Gasteiger partial charge is 0.462 e. The second-order valence-electron chi connectivity index (χ2n) is 4.01. The van der Waals surface area contributed by atoms with Gasteiger partial charge < -0.3 is 14.5 Å². The molecule has 0 fully saturated rings. The number of benzene rings is 1. The Morgan fingerprint density at radius 3 is 2.72 bits per heavy atom. The summed E-state index contributed by atoms with van der Waals surface area (Å²) in [5.41, 5.74) is 0.741. The summed E-state index contributed by atoms with van der Waals surface area (Å²) >= 11 is 0. The molecule has 0 saturated carbocycles. The molecule has 0 aliphatic carbocycles. The minimum absolute atomic E-state index is 0.317. The van der Waals surface area contributed by atoms with Crippen molar-refractivity contribution in [3.8, 4) is 0 Å². The van der Waals surface area contributed by atoms with E-state index >= 15 is 0 Å². The molecule has 18 heavy (non-hydrogen) atoms. The Bertz CT molecular complexity index is 452. The van der Waals surface area contributed by atoms with E-state index in [2.05, 4.69) is 0 Å². The molecule has 1 aromatic carbocycles. The summed E-state index contributed by atoms with van der Waals surface area (Å²) in [5, 5.41) is 0. The van der Waals surface area contributed by atoms with Crippen LogP contribution in [0.5, 0.6) is 0 Å². The third-order valence-electron chi connectivity index (χ3n) is 2.28. The van der Waals surface area contributed by atoms with E-state index in [1.807, 2.05) is 6.92 Å². The predicted molar refractivity (Wildman–Crippen MR) is 67.4 cm³/mol. The Kier molecular flexibility index (Phi) is 5.54. The zero-order valence-corrected chi connectivity index (χ0v) is 11.1. The molecule has 0 heterocycles. The molecule has 2 N–H and O–H groups in total. The van der Waals surface area contributed by atoms with Crippen molar-refractivity contribution < 1.29 is 23.9 Å². The van der Waals surface area contributed by atoms with Crippen molar-refractivity contribution in [3.63, 3.8) is 0 Å². The average molecular weight is 272 g/mol. The van der Waals surface area contributed by atoms with Gasteiger partial charge in [-0.3, -0.25) is 4.57 Å². The maximum atomic E-state index is 11.6. The molecule has 0 aromatic heterocycles. The predicted octanol–water partition coefficient (Wildman–Crippen LogP) is 2.32. The second-order valence-corrected chi connectivity index (χ2v) is 5.66. The zero-order chi connectivity index (χ0) is 13.6. The number of carbonyl (C=O) groups excluding carboxylic acids is 1. The van der Waals surface area contributed by atoms with Crippen molar-refractivity contribution in [1.29, 1.82) is 0 Å². The van der Waals surface area contributed by atoms with Crippen molar-refractivity contribution in [3.05, 3.63) is 35.4 Å². The summed E-state index contributed by atoms with van der Waals surface area (Å²) in [5.74, 6) is -0.462. The first kappa shape index (κ1) is 14.9. The van der Waals surface area contributed by atoms with E-state index in [1.54, 1.807) is 18.2 Å². The monoisotopic (exact) mass is 272 g/mol. The molecule has 0 atom stereocenters. The van der Waals surface area contributed by atoms with E-state index in [-0.39, 0.29) is 6.16 Å². The highest BCUT2D eigenvalue weighted by Gasteiger charge is 2.15. The summed E-state index contributed by atoms with van der Waals surface area (Å²) in [7, 11) is -4.12. The van der Waals surface area contributed by atoms with Crippen molar-refractivity contribution >= 4 is 13.6 Å². The van der Waals surface area contributed by atoms with Gasteiger partial charge in [0.1, 0.15) is 0 Å². The van der Waals surface area contributed by atoms with E-state index < -0.39 is 13.6 Å². The van der Waals surface area contributed by atoms with Crippen LogP contribution in [0.1, 0.15) is 35.7 Å². The highest BCUT2D eigenvalue weighted by atomic mass is 31.2. The third kappa shape index (κ3) is 5.45. The normalized spacial score (nSPS) is 11.3. The van der Waals surface area contributed by atoms with Gasteiger partial charge in [-0.15, -0.1) is 0 Å². The molecule has 5 nitrogen and oxygen atoms in total. The summed E-state index contributed by atoms with van der Waals surface area (Å²) < 4.78 is 15.9. The molecular weight excluding hydrogens is 255 g/mol. The Hall–Kier alpha value is -1.16. The molecule has 100 valence electrons. The first-order valence-corrected chi connectivity index (χ1v) is 7.53. The summed E-state index contributed by atoms with van der Waals surface area (Å²) in [6, 6.07) is 6.17. The highest BCUT2D eigenvalue weighted by molar-refractivity contribution is 7.50. The quantitative estimate of drug-likeness (QED) is 0.471. The SMILES string of the molecule is CCCCOC(=O)c1cccc(CP(=O)(O)O)c1. The van der Waals surface area contributed by atoms with Crippen LogP contribution < -0.4 is 0 Å². The lowest BCUT2D eigenvalue weighted by Gasteiger charge is -2.07. The summed E-state index contributed by atoms with van der Waals surface area (Å²) in [6.07, 6.45) is 1.36. The molecule has 0 aliphatic rings. The fraction of sp³-hybridized carbons (Fsp3) is 0.417. The molecule has 0 bridgehead atoms. The van der Waals surface area contributed by atoms with Crippen LogP contribution in [0.25, 0.3) is 0 Å². The standard InChI is InChI=1S/C12H17O5P/c1-2-3-7-17-12(13)11-6-4-5-10(8-11)9-18(14,15)16/h4-6,8H,2-3,7,9H2,1H3,(H2,14,15,16). The molecule has 6 heteroatoms. The van der Waals surface area contributed by atoms with Gasteiger partial charge in [0.05, 0.1) is 18.3 Å². The van der Waals surface area contributed by atoms with Crippen LogP contribution in [0.2, 0.25) is 0 Å². The molecule has 0 spiro atoms. The molecule has 0 saturated heterocycles. The first-order valence-electron chi connectivity index (χ1n) is 5.73. The van der Waals surface area contributed by atoms with Crippen LogP contribution in [0.3, 0.4) is 0 Å². The Morgan fingerprint density at radius 1 is 1.39 bits per heavy atom. The topological polar surface area (TPSA) is 83.8 Å². The Balaban J connectivity index is 2.69. The maximum Gasteiger partial charge on any atom is 0.338 e. The molecule has 0 unspecified atom stereocenters. The minimum atomic E-state index is -4.12. The zero-order valence-electron chi connectivity index (χ0n) is 10.2. The van der Waals surface area contributed by atoms with Gasteiger partial charge in [0.15, 0.2) is 0 Å². The van der Waals surface area contributed by atoms with Gasteiger partial charge in [-0.1, -0.05) is 25.5 Å². The van der Waals surface area contributed by atoms with Gasteiger partial charge in [0, 0.05) is 0 Å². The summed E-state index contributed by atoms with van der Waals surface area (Å²) in [6.45, 7) is 2.35. The molecular formula is C12H17O5P. The fourth-order valence-corrected chi connectivity index (χ4v) is 2.10. The third-order valence-corrected chi connectivity index (χ3v) is 3.06. The fourth-order valence-electron chi connectivity index (χ4n) is 1.43. The molecule has 1 aromatic rings. The Labute approximate surface area is 106 Å². The lowest BCUT2D eigenvalue weighted by atomic mass is 10.1.